The van der Waals surface area contributed by atoms with Crippen molar-refractivity contribution < 1.29 is 35.5 Å². The first-order valence-electron chi connectivity index (χ1n) is 9.88. The molecule has 2 aromatic carbocycles. The molecule has 0 spiro atoms. The quantitative estimate of drug-likeness (QED) is 0.396. The van der Waals surface area contributed by atoms with Crippen molar-refractivity contribution in [3.63, 3.8) is 0 Å². The Balaban J connectivity index is 1.81. The molecule has 0 aliphatic rings. The Kier molecular flexibility index (Phi) is 5.77. The molecule has 4 aromatic rings. The number of nitrogens with one attached hydrogen (secondary N) is 2. The number of amides is 1. The SMILES string of the molecule is Cn1cc(C(=O)Nc2cc(C(F)(F)F)cc(C(F)(F)F)c2)c2[nH]c(=O)n(-c3ccc(F)cc3)c(=O)c21. The molecule has 0 aliphatic heterocycles. The third kappa shape index (κ3) is 4.48. The molecule has 2 heterocycles. The van der Waals surface area contributed by atoms with Crippen LogP contribution in [0.2, 0.25) is 0 Å². The minimum Gasteiger partial charge on any atom is -0.344 e. The zero-order valence-corrected chi connectivity index (χ0v) is 17.9. The highest BCUT2D eigenvalue weighted by molar-refractivity contribution is 6.11. The van der Waals surface area contributed by atoms with E-state index >= 15 is 0 Å². The molecule has 36 heavy (non-hydrogen) atoms. The number of aromatic nitrogens is 3. The lowest BCUT2D eigenvalue weighted by Crippen LogP contribution is -2.34. The van der Waals surface area contributed by atoms with E-state index in [1.807, 2.05) is 5.32 Å². The van der Waals surface area contributed by atoms with E-state index < -0.39 is 52.1 Å². The Labute approximate surface area is 195 Å². The van der Waals surface area contributed by atoms with Crippen LogP contribution in [-0.2, 0) is 19.4 Å². The number of carbonyl (C=O) groups is 1. The van der Waals surface area contributed by atoms with E-state index in [4.69, 9.17) is 0 Å². The van der Waals surface area contributed by atoms with Crippen LogP contribution in [0.15, 0.2) is 58.3 Å². The van der Waals surface area contributed by atoms with Crippen molar-refractivity contribution in [1.29, 1.82) is 0 Å². The number of fused-ring (bicyclic) bond motifs is 1. The van der Waals surface area contributed by atoms with Crippen LogP contribution >= 0.6 is 0 Å². The summed E-state index contributed by atoms with van der Waals surface area (Å²) in [7, 11) is 1.33. The van der Waals surface area contributed by atoms with Crippen LogP contribution in [-0.4, -0.2) is 20.0 Å². The fraction of sp³-hybridized carbons (Fsp3) is 0.136. The summed E-state index contributed by atoms with van der Waals surface area (Å²) < 4.78 is 93.7. The number of rotatable bonds is 3. The van der Waals surface area contributed by atoms with E-state index in [9.17, 15) is 45.1 Å². The smallest absolute Gasteiger partial charge is 0.344 e. The van der Waals surface area contributed by atoms with Gasteiger partial charge in [0.05, 0.1) is 27.9 Å². The molecule has 0 atom stereocenters. The summed E-state index contributed by atoms with van der Waals surface area (Å²) in [6.07, 6.45) is -9.18. The van der Waals surface area contributed by atoms with Gasteiger partial charge in [-0.15, -0.1) is 0 Å². The molecular weight excluding hydrogens is 501 g/mol. The Hall–Kier alpha value is -4.36. The molecule has 2 N–H and O–H groups in total. The lowest BCUT2D eigenvalue weighted by atomic mass is 10.1. The first-order chi connectivity index (χ1) is 16.7. The van der Waals surface area contributed by atoms with Crippen LogP contribution in [0.1, 0.15) is 21.5 Å². The number of alkyl halides is 6. The first-order valence-corrected chi connectivity index (χ1v) is 9.88. The van der Waals surface area contributed by atoms with Crippen molar-refractivity contribution in [3.8, 4) is 5.69 Å². The molecule has 14 heteroatoms. The van der Waals surface area contributed by atoms with Gasteiger partial charge in [-0.2, -0.15) is 26.3 Å². The standard InChI is InChI=1S/C22H13F7N4O3/c1-32-9-15(16-17(32)19(35)33(20(36)31-16)14-4-2-12(23)3-5-14)18(34)30-13-7-10(21(24,25)26)6-11(8-13)22(27,28)29/h2-9H,1H3,(H,30,34)(H,31,36). The predicted molar refractivity (Wildman–Crippen MR) is 113 cm³/mol. The number of benzene rings is 2. The van der Waals surface area contributed by atoms with Crippen molar-refractivity contribution in [2.45, 2.75) is 12.4 Å². The maximum Gasteiger partial charge on any atom is 0.416 e. The Morgan fingerprint density at radius 2 is 1.47 bits per heavy atom. The second kappa shape index (κ2) is 8.39. The second-order valence-corrected chi connectivity index (χ2v) is 7.67. The fourth-order valence-corrected chi connectivity index (χ4v) is 3.59. The number of halogens is 7. The molecular formula is C22H13F7N4O3. The molecule has 0 fully saturated rings. The maximum absolute atomic E-state index is 13.2. The third-order valence-corrected chi connectivity index (χ3v) is 5.20. The van der Waals surface area contributed by atoms with Crippen molar-refractivity contribution in [1.82, 2.24) is 14.1 Å². The summed E-state index contributed by atoms with van der Waals surface area (Å²) in [6, 6.07) is 4.91. The minimum atomic E-state index is -5.13. The molecule has 0 aliphatic carbocycles. The molecule has 2 aromatic heterocycles. The molecule has 7 nitrogen and oxygen atoms in total. The molecule has 0 saturated carbocycles. The number of aryl methyl sites for hydroxylation is 1. The number of anilines is 1. The Morgan fingerprint density at radius 3 is 2.00 bits per heavy atom. The van der Waals surface area contributed by atoms with Gasteiger partial charge in [-0.3, -0.25) is 9.59 Å². The fourth-order valence-electron chi connectivity index (χ4n) is 3.59. The number of nitrogens with zero attached hydrogens (tertiary/aromatic N) is 2. The van der Waals surface area contributed by atoms with Gasteiger partial charge in [-0.05, 0) is 42.5 Å². The van der Waals surface area contributed by atoms with Gasteiger partial charge in [0.15, 0.2) is 0 Å². The molecule has 188 valence electrons. The normalized spacial score (nSPS) is 12.2. The second-order valence-electron chi connectivity index (χ2n) is 7.67. The summed E-state index contributed by atoms with van der Waals surface area (Å²) in [4.78, 5) is 40.8. The summed E-state index contributed by atoms with van der Waals surface area (Å²) >= 11 is 0. The van der Waals surface area contributed by atoms with Crippen LogP contribution in [0.3, 0.4) is 0 Å². The van der Waals surface area contributed by atoms with Gasteiger partial charge in [-0.1, -0.05) is 0 Å². The lowest BCUT2D eigenvalue weighted by molar-refractivity contribution is -0.143. The summed E-state index contributed by atoms with van der Waals surface area (Å²) in [6.45, 7) is 0. The number of carbonyl (C=O) groups excluding carboxylic acids is 1. The molecule has 0 radical (unpaired) electrons. The van der Waals surface area contributed by atoms with E-state index in [1.165, 1.54) is 19.2 Å². The van der Waals surface area contributed by atoms with Crippen LogP contribution < -0.4 is 16.6 Å². The Morgan fingerprint density at radius 1 is 0.917 bits per heavy atom. The van der Waals surface area contributed by atoms with E-state index in [2.05, 4.69) is 4.98 Å². The van der Waals surface area contributed by atoms with E-state index in [0.29, 0.717) is 16.7 Å². The number of H-pyrrole nitrogens is 1. The van der Waals surface area contributed by atoms with Gasteiger partial charge in [0.25, 0.3) is 11.5 Å². The third-order valence-electron chi connectivity index (χ3n) is 5.20. The van der Waals surface area contributed by atoms with Gasteiger partial charge in [-0.25, -0.2) is 13.8 Å². The van der Waals surface area contributed by atoms with Crippen LogP contribution in [0, 0.1) is 5.82 Å². The summed E-state index contributed by atoms with van der Waals surface area (Å²) in [5, 5.41) is 1.96. The van der Waals surface area contributed by atoms with Crippen molar-refractivity contribution in [2.75, 3.05) is 5.32 Å². The lowest BCUT2D eigenvalue weighted by Gasteiger charge is -2.14. The number of hydrogen-bond acceptors (Lipinski definition) is 3. The zero-order valence-electron chi connectivity index (χ0n) is 17.9. The van der Waals surface area contributed by atoms with E-state index in [0.717, 1.165) is 22.9 Å². The predicted octanol–water partition coefficient (Wildman–Crippen LogP) is 4.45. The monoisotopic (exact) mass is 514 g/mol. The largest absolute Gasteiger partial charge is 0.416 e. The average Bonchev–Trinajstić information content (AvgIpc) is 3.10. The number of hydrogen-bond donors (Lipinski definition) is 2. The molecule has 0 bridgehead atoms. The van der Waals surface area contributed by atoms with Crippen molar-refractivity contribution >= 4 is 22.6 Å². The number of aromatic amines is 1. The zero-order chi connectivity index (χ0) is 26.6. The highest BCUT2D eigenvalue weighted by atomic mass is 19.4. The average molecular weight is 514 g/mol. The van der Waals surface area contributed by atoms with Gasteiger partial charge < -0.3 is 14.9 Å². The summed E-state index contributed by atoms with van der Waals surface area (Å²) in [5.74, 6) is -1.80. The topological polar surface area (TPSA) is 88.9 Å². The van der Waals surface area contributed by atoms with Gasteiger partial charge >= 0.3 is 18.0 Å². The molecule has 4 rings (SSSR count). The van der Waals surface area contributed by atoms with Crippen molar-refractivity contribution in [3.05, 3.63) is 92.0 Å². The highest BCUT2D eigenvalue weighted by Gasteiger charge is 2.37. The van der Waals surface area contributed by atoms with Gasteiger partial charge in [0, 0.05) is 18.9 Å². The van der Waals surface area contributed by atoms with Gasteiger partial charge in [0.1, 0.15) is 11.3 Å². The summed E-state index contributed by atoms with van der Waals surface area (Å²) in [5.41, 5.74) is -6.88. The molecule has 0 unspecified atom stereocenters. The minimum absolute atomic E-state index is 0.0143. The van der Waals surface area contributed by atoms with Gasteiger partial charge in [0.2, 0.25) is 0 Å². The highest BCUT2D eigenvalue weighted by Crippen LogP contribution is 2.37. The van der Waals surface area contributed by atoms with Crippen LogP contribution in [0.5, 0.6) is 0 Å². The van der Waals surface area contributed by atoms with Crippen LogP contribution in [0.4, 0.5) is 36.4 Å². The van der Waals surface area contributed by atoms with Crippen molar-refractivity contribution in [2.24, 2.45) is 7.05 Å². The first kappa shape index (κ1) is 24.8. The van der Waals surface area contributed by atoms with Crippen LogP contribution in [0.25, 0.3) is 16.7 Å². The van der Waals surface area contributed by atoms with E-state index in [-0.39, 0.29) is 28.4 Å². The maximum atomic E-state index is 13.2. The molecule has 1 amide bonds. The molecule has 0 saturated heterocycles. The Bertz CT molecular complexity index is 1580. The van der Waals surface area contributed by atoms with E-state index in [1.54, 1.807) is 0 Å².